The van der Waals surface area contributed by atoms with Crippen molar-refractivity contribution in [1.29, 1.82) is 0 Å². The quantitative estimate of drug-likeness (QED) is 0.605. The lowest BCUT2D eigenvalue weighted by Gasteiger charge is -2.27. The number of hydrogen-bond acceptors (Lipinski definition) is 6. The topological polar surface area (TPSA) is 96.9 Å². The van der Waals surface area contributed by atoms with Gasteiger partial charge in [-0.1, -0.05) is 30.3 Å². The summed E-state index contributed by atoms with van der Waals surface area (Å²) in [5.41, 5.74) is 0.331. The lowest BCUT2D eigenvalue weighted by atomic mass is 10.0. The Bertz CT molecular complexity index is 571. The molecular formula is C19H30N2O5. The monoisotopic (exact) mass is 366 g/mol. The van der Waals surface area contributed by atoms with Gasteiger partial charge in [0.25, 0.3) is 0 Å². The summed E-state index contributed by atoms with van der Waals surface area (Å²) in [4.78, 5) is 23.6. The molecule has 0 saturated carbocycles. The van der Waals surface area contributed by atoms with Crippen molar-refractivity contribution in [2.75, 3.05) is 13.7 Å². The lowest BCUT2D eigenvalue weighted by molar-refractivity contribution is -0.142. The van der Waals surface area contributed by atoms with Gasteiger partial charge in [0.1, 0.15) is 11.6 Å². The summed E-state index contributed by atoms with van der Waals surface area (Å²) in [6.07, 6.45) is -1.09. The second kappa shape index (κ2) is 10.1. The number of carbonyl (C=O) groups is 2. The molecule has 1 rings (SSSR count). The van der Waals surface area contributed by atoms with Crippen LogP contribution in [-0.4, -0.2) is 54.6 Å². The van der Waals surface area contributed by atoms with E-state index in [-0.39, 0.29) is 6.54 Å². The van der Waals surface area contributed by atoms with Gasteiger partial charge in [-0.3, -0.25) is 4.79 Å². The molecule has 1 aromatic rings. The van der Waals surface area contributed by atoms with Crippen molar-refractivity contribution in [3.63, 3.8) is 0 Å². The Balaban J connectivity index is 2.75. The van der Waals surface area contributed by atoms with Gasteiger partial charge in [0.05, 0.1) is 19.3 Å². The molecule has 0 radical (unpaired) electrons. The molecule has 0 heterocycles. The zero-order chi connectivity index (χ0) is 19.7. The third kappa shape index (κ3) is 8.31. The van der Waals surface area contributed by atoms with E-state index < -0.39 is 35.9 Å². The zero-order valence-corrected chi connectivity index (χ0v) is 16.1. The number of benzene rings is 1. The first kappa shape index (κ1) is 21.9. The molecule has 1 amide bonds. The highest BCUT2D eigenvalue weighted by Gasteiger charge is 2.26. The molecule has 3 N–H and O–H groups in total. The molecule has 1 aromatic carbocycles. The highest BCUT2D eigenvalue weighted by atomic mass is 16.6. The van der Waals surface area contributed by atoms with E-state index in [1.807, 2.05) is 30.3 Å². The van der Waals surface area contributed by atoms with E-state index in [1.165, 1.54) is 7.11 Å². The first-order valence-electron chi connectivity index (χ1n) is 8.65. The molecule has 7 heteroatoms. The van der Waals surface area contributed by atoms with Crippen LogP contribution in [-0.2, 0) is 20.7 Å². The molecule has 7 nitrogen and oxygen atoms in total. The SMILES string of the molecule is COC(=O)[C@H](C)NC[C@H](O)[C@H](Cc1ccccc1)NC(=O)OC(C)(C)C. The Morgan fingerprint density at radius 1 is 1.19 bits per heavy atom. The predicted molar refractivity (Wildman–Crippen MR) is 98.8 cm³/mol. The molecule has 0 saturated heterocycles. The number of nitrogens with one attached hydrogen (secondary N) is 2. The maximum Gasteiger partial charge on any atom is 0.407 e. The molecule has 0 aromatic heterocycles. The highest BCUT2D eigenvalue weighted by molar-refractivity contribution is 5.75. The Labute approximate surface area is 155 Å². The van der Waals surface area contributed by atoms with E-state index >= 15 is 0 Å². The Hall–Kier alpha value is -2.12. The van der Waals surface area contributed by atoms with Crippen LogP contribution in [0.3, 0.4) is 0 Å². The largest absolute Gasteiger partial charge is 0.468 e. The number of alkyl carbamates (subject to hydrolysis) is 1. The minimum absolute atomic E-state index is 0.115. The van der Waals surface area contributed by atoms with Crippen molar-refractivity contribution in [3.8, 4) is 0 Å². The van der Waals surface area contributed by atoms with Crippen molar-refractivity contribution in [3.05, 3.63) is 35.9 Å². The minimum Gasteiger partial charge on any atom is -0.468 e. The summed E-state index contributed by atoms with van der Waals surface area (Å²) in [5.74, 6) is -0.420. The molecule has 0 unspecified atom stereocenters. The Morgan fingerprint density at radius 2 is 1.81 bits per heavy atom. The summed E-state index contributed by atoms with van der Waals surface area (Å²) in [7, 11) is 1.30. The van der Waals surface area contributed by atoms with E-state index in [0.717, 1.165) is 5.56 Å². The van der Waals surface area contributed by atoms with Crippen LogP contribution in [0.2, 0.25) is 0 Å². The van der Waals surface area contributed by atoms with E-state index in [4.69, 9.17) is 4.74 Å². The van der Waals surface area contributed by atoms with Crippen LogP contribution < -0.4 is 10.6 Å². The van der Waals surface area contributed by atoms with Gasteiger partial charge >= 0.3 is 12.1 Å². The molecule has 0 bridgehead atoms. The third-order valence-corrected chi connectivity index (χ3v) is 3.65. The number of aliphatic hydroxyl groups is 1. The van der Waals surface area contributed by atoms with Crippen LogP contribution in [0.4, 0.5) is 4.79 Å². The minimum atomic E-state index is -0.921. The highest BCUT2D eigenvalue weighted by Crippen LogP contribution is 2.10. The number of carbonyl (C=O) groups excluding carboxylic acids is 2. The van der Waals surface area contributed by atoms with Crippen LogP contribution in [0.15, 0.2) is 30.3 Å². The molecule has 0 aliphatic heterocycles. The average molecular weight is 366 g/mol. The summed E-state index contributed by atoms with van der Waals surface area (Å²) in [6.45, 7) is 7.08. The van der Waals surface area contributed by atoms with Crippen molar-refractivity contribution >= 4 is 12.1 Å². The van der Waals surface area contributed by atoms with Crippen LogP contribution in [0, 0.1) is 0 Å². The van der Waals surface area contributed by atoms with E-state index in [0.29, 0.717) is 6.42 Å². The Kier molecular flexibility index (Phi) is 8.54. The summed E-state index contributed by atoms with van der Waals surface area (Å²) in [5, 5.41) is 16.2. The van der Waals surface area contributed by atoms with Crippen LogP contribution in [0.1, 0.15) is 33.3 Å². The number of amides is 1. The van der Waals surface area contributed by atoms with E-state index in [9.17, 15) is 14.7 Å². The van der Waals surface area contributed by atoms with Crippen LogP contribution in [0.5, 0.6) is 0 Å². The fourth-order valence-electron chi connectivity index (χ4n) is 2.31. The van der Waals surface area contributed by atoms with Gasteiger partial charge < -0.3 is 25.2 Å². The van der Waals surface area contributed by atoms with E-state index in [2.05, 4.69) is 15.4 Å². The third-order valence-electron chi connectivity index (χ3n) is 3.65. The van der Waals surface area contributed by atoms with Crippen molar-refractivity contribution in [1.82, 2.24) is 10.6 Å². The fraction of sp³-hybridized carbons (Fsp3) is 0.579. The molecule has 3 atom stereocenters. The molecular weight excluding hydrogens is 336 g/mol. The number of rotatable bonds is 8. The van der Waals surface area contributed by atoms with Gasteiger partial charge in [0.2, 0.25) is 0 Å². The maximum absolute atomic E-state index is 12.1. The molecule has 0 aliphatic carbocycles. The molecule has 0 aliphatic rings. The number of ether oxygens (including phenoxy) is 2. The second-order valence-corrected chi connectivity index (χ2v) is 7.16. The van der Waals surface area contributed by atoms with E-state index in [1.54, 1.807) is 27.7 Å². The smallest absolute Gasteiger partial charge is 0.407 e. The molecule has 26 heavy (non-hydrogen) atoms. The summed E-state index contributed by atoms with van der Waals surface area (Å²) >= 11 is 0. The van der Waals surface area contributed by atoms with Crippen molar-refractivity contribution < 1.29 is 24.2 Å². The zero-order valence-electron chi connectivity index (χ0n) is 16.1. The van der Waals surface area contributed by atoms with Gasteiger partial charge in [-0.15, -0.1) is 0 Å². The Morgan fingerprint density at radius 3 is 2.35 bits per heavy atom. The molecule has 0 spiro atoms. The van der Waals surface area contributed by atoms with Gasteiger partial charge in [0.15, 0.2) is 0 Å². The average Bonchev–Trinajstić information content (AvgIpc) is 2.57. The number of hydrogen-bond donors (Lipinski definition) is 3. The lowest BCUT2D eigenvalue weighted by Crippen LogP contribution is -2.51. The maximum atomic E-state index is 12.1. The fourth-order valence-corrected chi connectivity index (χ4v) is 2.31. The van der Waals surface area contributed by atoms with Crippen LogP contribution in [0.25, 0.3) is 0 Å². The predicted octanol–water partition coefficient (Wildman–Crippen LogP) is 1.63. The number of methoxy groups -OCH3 is 1. The van der Waals surface area contributed by atoms with Gasteiger partial charge in [-0.05, 0) is 39.7 Å². The normalized spacial score (nSPS) is 14.8. The van der Waals surface area contributed by atoms with Crippen molar-refractivity contribution in [2.45, 2.75) is 57.9 Å². The number of aliphatic hydroxyl groups excluding tert-OH is 1. The van der Waals surface area contributed by atoms with Gasteiger partial charge in [0, 0.05) is 6.54 Å². The first-order chi connectivity index (χ1) is 12.1. The summed E-state index contributed by atoms with van der Waals surface area (Å²) < 4.78 is 9.93. The van der Waals surface area contributed by atoms with Crippen LogP contribution >= 0.6 is 0 Å². The molecule has 0 fully saturated rings. The summed E-state index contributed by atoms with van der Waals surface area (Å²) in [6, 6.07) is 8.38. The van der Waals surface area contributed by atoms with Crippen molar-refractivity contribution in [2.24, 2.45) is 0 Å². The van der Waals surface area contributed by atoms with Gasteiger partial charge in [-0.2, -0.15) is 0 Å². The standard InChI is InChI=1S/C19H30N2O5/c1-13(17(23)25-5)20-12-16(22)15(11-14-9-7-6-8-10-14)21-18(24)26-19(2,3)4/h6-10,13,15-16,20,22H,11-12H2,1-5H3,(H,21,24)/t13-,15-,16-/m0/s1. The number of esters is 1. The second-order valence-electron chi connectivity index (χ2n) is 7.16. The molecule has 146 valence electrons. The van der Waals surface area contributed by atoms with Gasteiger partial charge in [-0.25, -0.2) is 4.79 Å². The first-order valence-corrected chi connectivity index (χ1v) is 8.65.